The minimum atomic E-state index is -0.774. The Morgan fingerprint density at radius 1 is 0.839 bits per heavy atom. The molecule has 3 nitrogen and oxygen atoms in total. The summed E-state index contributed by atoms with van der Waals surface area (Å²) in [6, 6.07) is 25.5. The van der Waals surface area contributed by atoms with E-state index in [2.05, 4.69) is 29.1 Å². The van der Waals surface area contributed by atoms with E-state index in [1.165, 1.54) is 21.5 Å². The molecule has 0 aliphatic rings. The van der Waals surface area contributed by atoms with Crippen LogP contribution in [0.4, 0.5) is 10.1 Å². The van der Waals surface area contributed by atoms with Crippen LogP contribution in [-0.2, 0) is 0 Å². The van der Waals surface area contributed by atoms with Crippen molar-refractivity contribution in [1.82, 2.24) is 4.57 Å². The molecule has 0 spiro atoms. The van der Waals surface area contributed by atoms with Crippen LogP contribution < -0.4 is 0 Å². The SMILES string of the molecule is [C-]#[N+]c1c(-n2c3ccccc3c3cc4c(cc32)sc2ccccc24)ccc(C#N)c1F. The zero-order valence-electron chi connectivity index (χ0n) is 16.1. The number of hydrogen-bond donors (Lipinski definition) is 0. The van der Waals surface area contributed by atoms with Crippen molar-refractivity contribution in [1.29, 1.82) is 5.26 Å². The van der Waals surface area contributed by atoms with Gasteiger partial charge in [-0.2, -0.15) is 5.26 Å². The number of para-hydroxylation sites is 1. The molecular formula is C26H12FN3S. The Kier molecular flexibility index (Phi) is 3.65. The van der Waals surface area contributed by atoms with Crippen molar-refractivity contribution in [2.45, 2.75) is 0 Å². The predicted molar refractivity (Wildman–Crippen MR) is 125 cm³/mol. The smallest absolute Gasteiger partial charge is 0.246 e. The Morgan fingerprint density at radius 2 is 1.61 bits per heavy atom. The lowest BCUT2D eigenvalue weighted by atomic mass is 10.1. The molecule has 0 saturated carbocycles. The maximum absolute atomic E-state index is 14.9. The lowest BCUT2D eigenvalue weighted by Gasteiger charge is -2.11. The molecule has 0 amide bonds. The van der Waals surface area contributed by atoms with Gasteiger partial charge in [-0.1, -0.05) is 36.4 Å². The van der Waals surface area contributed by atoms with Gasteiger partial charge >= 0.3 is 0 Å². The molecule has 2 heterocycles. The van der Waals surface area contributed by atoms with Gasteiger partial charge in [0.05, 0.1) is 28.9 Å². The minimum Gasteiger partial charge on any atom is -0.319 e. The first kappa shape index (κ1) is 17.7. The van der Waals surface area contributed by atoms with E-state index in [1.54, 1.807) is 17.4 Å². The zero-order valence-corrected chi connectivity index (χ0v) is 16.9. The maximum atomic E-state index is 14.9. The summed E-state index contributed by atoms with van der Waals surface area (Å²) in [4.78, 5) is 3.45. The first-order chi connectivity index (χ1) is 15.2. The maximum Gasteiger partial charge on any atom is 0.246 e. The number of nitrogens with zero attached hydrogens (tertiary/aromatic N) is 3. The number of hydrogen-bond acceptors (Lipinski definition) is 2. The second-order valence-electron chi connectivity index (χ2n) is 7.33. The number of rotatable bonds is 1. The summed E-state index contributed by atoms with van der Waals surface area (Å²) < 4.78 is 19.2. The Bertz CT molecular complexity index is 1780. The number of fused-ring (bicyclic) bond motifs is 6. The molecule has 144 valence electrons. The normalized spacial score (nSPS) is 11.3. The molecule has 0 fully saturated rings. The van der Waals surface area contributed by atoms with Crippen molar-refractivity contribution in [2.24, 2.45) is 0 Å². The van der Waals surface area contributed by atoms with Crippen molar-refractivity contribution < 1.29 is 4.39 Å². The number of thiophene rings is 1. The summed E-state index contributed by atoms with van der Waals surface area (Å²) in [5.41, 5.74) is 1.99. The average Bonchev–Trinajstić information content (AvgIpc) is 3.32. The fourth-order valence-electron chi connectivity index (χ4n) is 4.37. The molecule has 0 bridgehead atoms. The average molecular weight is 417 g/mol. The highest BCUT2D eigenvalue weighted by atomic mass is 32.1. The van der Waals surface area contributed by atoms with Gasteiger partial charge < -0.3 is 4.57 Å². The van der Waals surface area contributed by atoms with Gasteiger partial charge in [0.15, 0.2) is 0 Å². The van der Waals surface area contributed by atoms with Crippen LogP contribution in [0.2, 0.25) is 0 Å². The molecule has 6 aromatic rings. The van der Waals surface area contributed by atoms with E-state index >= 15 is 0 Å². The summed E-state index contributed by atoms with van der Waals surface area (Å²) in [7, 11) is 0. The molecule has 6 rings (SSSR count). The standard InChI is InChI=1S/C26H12FN3S/c1-29-26-21(11-10-15(14-28)25(26)27)30-20-8-4-2-6-16(20)18-12-19-17-7-3-5-9-23(17)31-24(19)13-22(18)30/h2-13H. The quantitative estimate of drug-likeness (QED) is 0.252. The fraction of sp³-hybridized carbons (Fsp3) is 0. The van der Waals surface area contributed by atoms with Crippen LogP contribution in [0.25, 0.3) is 52.5 Å². The molecule has 0 saturated heterocycles. The number of nitriles is 1. The van der Waals surface area contributed by atoms with Crippen LogP contribution >= 0.6 is 11.3 Å². The van der Waals surface area contributed by atoms with Gasteiger partial charge in [0, 0.05) is 30.9 Å². The highest BCUT2D eigenvalue weighted by molar-refractivity contribution is 7.25. The van der Waals surface area contributed by atoms with E-state index in [-0.39, 0.29) is 11.3 Å². The molecule has 0 N–H and O–H groups in total. The third-order valence-electron chi connectivity index (χ3n) is 5.74. The van der Waals surface area contributed by atoms with Gasteiger partial charge in [0.1, 0.15) is 11.9 Å². The van der Waals surface area contributed by atoms with Crippen molar-refractivity contribution in [2.75, 3.05) is 0 Å². The molecule has 0 unspecified atom stereocenters. The third-order valence-corrected chi connectivity index (χ3v) is 6.87. The first-order valence-corrected chi connectivity index (χ1v) is 10.5. The summed E-state index contributed by atoms with van der Waals surface area (Å²) in [6.45, 7) is 7.58. The second kappa shape index (κ2) is 6.40. The molecule has 0 aliphatic heterocycles. The van der Waals surface area contributed by atoms with Crippen LogP contribution in [0.5, 0.6) is 0 Å². The van der Waals surface area contributed by atoms with E-state index in [4.69, 9.17) is 6.57 Å². The van der Waals surface area contributed by atoms with Crippen LogP contribution in [0.1, 0.15) is 5.56 Å². The second-order valence-corrected chi connectivity index (χ2v) is 8.42. The molecule has 0 radical (unpaired) electrons. The number of halogens is 1. The predicted octanol–water partition coefficient (Wildman–Crippen LogP) is 7.71. The Morgan fingerprint density at radius 3 is 2.42 bits per heavy atom. The van der Waals surface area contributed by atoms with Crippen LogP contribution in [-0.4, -0.2) is 4.57 Å². The highest BCUT2D eigenvalue weighted by Crippen LogP contribution is 2.42. The Balaban J connectivity index is 1.82. The monoisotopic (exact) mass is 417 g/mol. The topological polar surface area (TPSA) is 33.1 Å². The fourth-order valence-corrected chi connectivity index (χ4v) is 5.50. The van der Waals surface area contributed by atoms with E-state index in [0.717, 1.165) is 26.5 Å². The van der Waals surface area contributed by atoms with Gasteiger partial charge in [-0.25, -0.2) is 9.24 Å². The minimum absolute atomic E-state index is 0.123. The number of benzene rings is 4. The van der Waals surface area contributed by atoms with Crippen LogP contribution in [0.3, 0.4) is 0 Å². The first-order valence-electron chi connectivity index (χ1n) is 9.66. The van der Waals surface area contributed by atoms with E-state index in [0.29, 0.717) is 5.69 Å². The highest BCUT2D eigenvalue weighted by Gasteiger charge is 2.20. The summed E-state index contributed by atoms with van der Waals surface area (Å²) in [5, 5.41) is 13.7. The summed E-state index contributed by atoms with van der Waals surface area (Å²) >= 11 is 1.72. The van der Waals surface area contributed by atoms with Gasteiger partial charge in [-0.15, -0.1) is 11.3 Å². The summed E-state index contributed by atoms with van der Waals surface area (Å²) in [6.07, 6.45) is 0. The molecule has 4 aromatic carbocycles. The van der Waals surface area contributed by atoms with E-state index < -0.39 is 5.82 Å². The van der Waals surface area contributed by atoms with Gasteiger partial charge in [-0.05, 0) is 36.4 Å². The van der Waals surface area contributed by atoms with E-state index in [1.807, 2.05) is 47.0 Å². The lowest BCUT2D eigenvalue weighted by Crippen LogP contribution is -1.97. The molecule has 5 heteroatoms. The number of aromatic nitrogens is 1. The van der Waals surface area contributed by atoms with Crippen LogP contribution in [0, 0.1) is 23.7 Å². The van der Waals surface area contributed by atoms with Crippen molar-refractivity contribution in [3.8, 4) is 11.8 Å². The van der Waals surface area contributed by atoms with Crippen LogP contribution in [0.15, 0.2) is 72.8 Å². The van der Waals surface area contributed by atoms with Crippen molar-refractivity contribution in [3.05, 3.63) is 95.6 Å². The van der Waals surface area contributed by atoms with Gasteiger partial charge in [0.25, 0.3) is 0 Å². The largest absolute Gasteiger partial charge is 0.319 e. The Labute approximate surface area is 180 Å². The Hall–Kier alpha value is -4.19. The molecule has 0 aliphatic carbocycles. The van der Waals surface area contributed by atoms with Gasteiger partial charge in [0.2, 0.25) is 5.69 Å². The molecule has 31 heavy (non-hydrogen) atoms. The van der Waals surface area contributed by atoms with Crippen molar-refractivity contribution >= 4 is 59.0 Å². The molecule has 2 aromatic heterocycles. The molecule has 0 atom stereocenters. The zero-order chi connectivity index (χ0) is 21.1. The van der Waals surface area contributed by atoms with Crippen molar-refractivity contribution in [3.63, 3.8) is 0 Å². The third kappa shape index (κ3) is 2.36. The summed E-state index contributed by atoms with van der Waals surface area (Å²) in [5.74, 6) is -0.774. The molecular weight excluding hydrogens is 405 g/mol. The lowest BCUT2D eigenvalue weighted by molar-refractivity contribution is 0.629. The van der Waals surface area contributed by atoms with Gasteiger partial charge in [-0.3, -0.25) is 0 Å². The van der Waals surface area contributed by atoms with E-state index in [9.17, 15) is 9.65 Å².